The van der Waals surface area contributed by atoms with Crippen molar-refractivity contribution in [1.82, 2.24) is 5.16 Å². The fraction of sp³-hybridized carbons (Fsp3) is 0.280. The number of carbonyl (C=O) groups is 1. The van der Waals surface area contributed by atoms with Gasteiger partial charge in [-0.1, -0.05) is 23.4 Å². The van der Waals surface area contributed by atoms with Gasteiger partial charge in [-0.05, 0) is 54.7 Å². The number of anilines is 1. The molecule has 0 saturated carbocycles. The number of ether oxygens (including phenoxy) is 2. The lowest BCUT2D eigenvalue weighted by Crippen LogP contribution is -2.29. The monoisotopic (exact) mass is 432 g/mol. The number of hydrogen-bond donors (Lipinski definition) is 2. The van der Waals surface area contributed by atoms with Crippen LogP contribution < -0.4 is 14.8 Å². The van der Waals surface area contributed by atoms with Gasteiger partial charge < -0.3 is 24.4 Å². The van der Waals surface area contributed by atoms with Crippen molar-refractivity contribution >= 4 is 11.7 Å². The first-order valence-electron chi connectivity index (χ1n) is 10.5. The van der Waals surface area contributed by atoms with Crippen molar-refractivity contribution < 1.29 is 23.9 Å². The highest BCUT2D eigenvalue weighted by Crippen LogP contribution is 2.49. The fourth-order valence-corrected chi connectivity index (χ4v) is 4.80. The van der Waals surface area contributed by atoms with Crippen LogP contribution in [-0.4, -0.2) is 30.3 Å². The minimum atomic E-state index is -0.367. The Kier molecular flexibility index (Phi) is 4.89. The molecular formula is C25H24N2O5. The first kappa shape index (κ1) is 20.2. The number of phenols is 1. The zero-order chi connectivity index (χ0) is 22.4. The summed E-state index contributed by atoms with van der Waals surface area (Å²) in [6.07, 6.45) is 1.08. The Morgan fingerprint density at radius 2 is 1.81 bits per heavy atom. The minimum Gasteiger partial charge on any atom is -0.504 e. The Balaban J connectivity index is 1.58. The number of carbonyl (C=O) groups excluding carboxylic acids is 1. The summed E-state index contributed by atoms with van der Waals surface area (Å²) in [5.74, 6) is 1.50. The van der Waals surface area contributed by atoms with Crippen molar-refractivity contribution in [3.8, 4) is 17.2 Å². The van der Waals surface area contributed by atoms with Gasteiger partial charge in [-0.15, -0.1) is 0 Å². The number of aromatic nitrogens is 1. The van der Waals surface area contributed by atoms with Crippen LogP contribution in [0, 0.1) is 6.92 Å². The van der Waals surface area contributed by atoms with E-state index in [1.165, 1.54) is 7.11 Å². The zero-order valence-electron chi connectivity index (χ0n) is 18.1. The van der Waals surface area contributed by atoms with Crippen LogP contribution in [-0.2, 0) is 4.79 Å². The molecule has 2 aliphatic rings. The van der Waals surface area contributed by atoms with Gasteiger partial charge in [0.1, 0.15) is 5.75 Å². The van der Waals surface area contributed by atoms with E-state index in [4.69, 9.17) is 14.0 Å². The van der Waals surface area contributed by atoms with Crippen molar-refractivity contribution in [3.63, 3.8) is 0 Å². The Bertz CT molecular complexity index is 1230. The molecule has 2 atom stereocenters. The highest BCUT2D eigenvalue weighted by molar-refractivity contribution is 6.01. The number of methoxy groups -OCH3 is 2. The van der Waals surface area contributed by atoms with Crippen LogP contribution in [0.15, 0.2) is 58.3 Å². The summed E-state index contributed by atoms with van der Waals surface area (Å²) < 4.78 is 16.0. The van der Waals surface area contributed by atoms with E-state index in [9.17, 15) is 9.90 Å². The molecule has 32 heavy (non-hydrogen) atoms. The van der Waals surface area contributed by atoms with Crippen LogP contribution in [0.1, 0.15) is 47.1 Å². The minimum absolute atomic E-state index is 0.0284. The molecule has 0 saturated heterocycles. The second-order valence-electron chi connectivity index (χ2n) is 8.19. The molecule has 0 bridgehead atoms. The molecule has 0 fully saturated rings. The van der Waals surface area contributed by atoms with Gasteiger partial charge in [-0.3, -0.25) is 4.79 Å². The van der Waals surface area contributed by atoms with Crippen molar-refractivity contribution in [1.29, 1.82) is 0 Å². The number of benzene rings is 2. The van der Waals surface area contributed by atoms with E-state index in [0.29, 0.717) is 35.7 Å². The summed E-state index contributed by atoms with van der Waals surface area (Å²) in [6.45, 7) is 1.86. The lowest BCUT2D eigenvalue weighted by molar-refractivity contribution is -0.116. The third-order valence-corrected chi connectivity index (χ3v) is 6.38. The summed E-state index contributed by atoms with van der Waals surface area (Å²) in [6, 6.07) is 13.1. The lowest BCUT2D eigenvalue weighted by atomic mass is 9.72. The van der Waals surface area contributed by atoms with Crippen molar-refractivity contribution in [3.05, 3.63) is 76.1 Å². The molecule has 2 aromatic carbocycles. The highest BCUT2D eigenvalue weighted by atomic mass is 16.5. The average molecular weight is 432 g/mol. The number of allylic oxidation sites excluding steroid dienone is 2. The second-order valence-corrected chi connectivity index (χ2v) is 8.19. The van der Waals surface area contributed by atoms with Crippen LogP contribution in [0.25, 0.3) is 0 Å². The molecule has 0 radical (unpaired) electrons. The summed E-state index contributed by atoms with van der Waals surface area (Å²) in [5, 5.41) is 17.9. The lowest BCUT2D eigenvalue weighted by Gasteiger charge is -2.34. The van der Waals surface area contributed by atoms with Gasteiger partial charge in [0.15, 0.2) is 17.3 Å². The van der Waals surface area contributed by atoms with Gasteiger partial charge in [0.25, 0.3) is 0 Å². The third kappa shape index (κ3) is 3.21. The molecule has 1 aliphatic carbocycles. The smallest absolute Gasteiger partial charge is 0.233 e. The molecule has 1 aliphatic heterocycles. The van der Waals surface area contributed by atoms with Crippen LogP contribution in [0.4, 0.5) is 5.88 Å². The Morgan fingerprint density at radius 1 is 1.06 bits per heavy atom. The van der Waals surface area contributed by atoms with E-state index in [1.807, 2.05) is 37.3 Å². The van der Waals surface area contributed by atoms with E-state index in [0.717, 1.165) is 28.1 Å². The van der Waals surface area contributed by atoms with E-state index in [1.54, 1.807) is 19.2 Å². The van der Waals surface area contributed by atoms with E-state index >= 15 is 0 Å². The zero-order valence-corrected chi connectivity index (χ0v) is 18.1. The number of phenolic OH excluding ortho intramolecular Hbond substituents is 1. The molecule has 7 heteroatoms. The van der Waals surface area contributed by atoms with Gasteiger partial charge in [-0.2, -0.15) is 0 Å². The quantitative estimate of drug-likeness (QED) is 0.619. The van der Waals surface area contributed by atoms with Crippen LogP contribution in [0.5, 0.6) is 17.2 Å². The molecular weight excluding hydrogens is 408 g/mol. The normalized spacial score (nSPS) is 19.8. The van der Waals surface area contributed by atoms with Crippen molar-refractivity contribution in [2.24, 2.45) is 0 Å². The van der Waals surface area contributed by atoms with Crippen LogP contribution >= 0.6 is 0 Å². The summed E-state index contributed by atoms with van der Waals surface area (Å²) in [4.78, 5) is 13.5. The standard InChI is InChI=1S/C25H24N2O5/c1-13-22-23(15-6-9-21(31-3)19(28)11-15)24-18(26-25(22)32-27-13)10-16(12-20(24)29)14-4-7-17(30-2)8-5-14/h4-9,11,16,23,26,28H,10,12H2,1-3H3/t16-,23-/m0/s1. The Morgan fingerprint density at radius 3 is 2.50 bits per heavy atom. The molecule has 3 aromatic rings. The van der Waals surface area contributed by atoms with Crippen molar-refractivity contribution in [2.45, 2.75) is 31.6 Å². The highest BCUT2D eigenvalue weighted by Gasteiger charge is 2.41. The molecule has 7 nitrogen and oxygen atoms in total. The molecule has 2 N–H and O–H groups in total. The average Bonchev–Trinajstić information content (AvgIpc) is 3.17. The number of aromatic hydroxyl groups is 1. The van der Waals surface area contributed by atoms with Gasteiger partial charge in [0, 0.05) is 23.6 Å². The molecule has 0 amide bonds. The van der Waals surface area contributed by atoms with E-state index in [2.05, 4.69) is 10.5 Å². The van der Waals surface area contributed by atoms with Gasteiger partial charge in [-0.25, -0.2) is 0 Å². The number of Topliss-reactive ketones (excluding diaryl/α,β-unsaturated/α-hetero) is 1. The largest absolute Gasteiger partial charge is 0.504 e. The first-order valence-corrected chi connectivity index (χ1v) is 10.5. The number of nitrogens with zero attached hydrogens (tertiary/aromatic N) is 1. The third-order valence-electron chi connectivity index (χ3n) is 6.38. The number of ketones is 1. The molecule has 0 unspecified atom stereocenters. The topological polar surface area (TPSA) is 93.8 Å². The predicted molar refractivity (Wildman–Crippen MR) is 118 cm³/mol. The maximum absolute atomic E-state index is 13.5. The summed E-state index contributed by atoms with van der Waals surface area (Å²) in [5.41, 5.74) is 4.96. The summed E-state index contributed by atoms with van der Waals surface area (Å²) in [7, 11) is 3.14. The van der Waals surface area contributed by atoms with E-state index < -0.39 is 0 Å². The number of fused-ring (bicyclic) bond motifs is 1. The van der Waals surface area contributed by atoms with Gasteiger partial charge in [0.2, 0.25) is 5.88 Å². The van der Waals surface area contributed by atoms with Gasteiger partial charge >= 0.3 is 0 Å². The Hall–Kier alpha value is -3.74. The molecule has 2 heterocycles. The first-order chi connectivity index (χ1) is 15.5. The number of nitrogens with one attached hydrogen (secondary N) is 1. The fourth-order valence-electron chi connectivity index (χ4n) is 4.80. The number of aryl methyl sites for hydroxylation is 1. The van der Waals surface area contributed by atoms with Gasteiger partial charge in [0.05, 0.1) is 25.5 Å². The SMILES string of the molecule is COc1ccc([C@@H]2CC(=O)C3=C(C2)Nc2onc(C)c2[C@@H]3c2ccc(OC)c(O)c2)cc1. The predicted octanol–water partition coefficient (Wildman–Crippen LogP) is 4.66. The van der Waals surface area contributed by atoms with Crippen LogP contribution in [0.2, 0.25) is 0 Å². The molecule has 1 aromatic heterocycles. The maximum atomic E-state index is 13.5. The van der Waals surface area contributed by atoms with Crippen LogP contribution in [0.3, 0.4) is 0 Å². The molecule has 5 rings (SSSR count). The summed E-state index contributed by atoms with van der Waals surface area (Å²) >= 11 is 0. The number of rotatable bonds is 4. The molecule has 164 valence electrons. The molecule has 0 spiro atoms. The Labute approximate surface area is 185 Å². The second kappa shape index (κ2) is 7.75. The van der Waals surface area contributed by atoms with E-state index in [-0.39, 0.29) is 23.4 Å². The maximum Gasteiger partial charge on any atom is 0.233 e. The number of hydrogen-bond acceptors (Lipinski definition) is 7. The van der Waals surface area contributed by atoms with Crippen molar-refractivity contribution in [2.75, 3.05) is 19.5 Å².